The van der Waals surface area contributed by atoms with Gasteiger partial charge in [0.1, 0.15) is 0 Å². The van der Waals surface area contributed by atoms with E-state index in [-0.39, 0.29) is 5.91 Å². The number of H-pyrrole nitrogens is 1. The Bertz CT molecular complexity index is 1260. The van der Waals surface area contributed by atoms with Crippen LogP contribution in [-0.4, -0.2) is 22.3 Å². The van der Waals surface area contributed by atoms with E-state index in [1.54, 1.807) is 0 Å². The Morgan fingerprint density at radius 3 is 2.62 bits per heavy atom. The van der Waals surface area contributed by atoms with E-state index >= 15 is 0 Å². The zero-order valence-electron chi connectivity index (χ0n) is 15.9. The second-order valence-electron chi connectivity index (χ2n) is 7.34. The molecule has 0 atom stereocenters. The van der Waals surface area contributed by atoms with Crippen LogP contribution in [0, 0.1) is 11.3 Å². The molecule has 140 valence electrons. The Morgan fingerprint density at radius 1 is 1.00 bits per heavy atom. The summed E-state index contributed by atoms with van der Waals surface area (Å²) in [5, 5.41) is 10.6. The van der Waals surface area contributed by atoms with Crippen molar-refractivity contribution in [1.29, 1.82) is 5.26 Å². The first-order valence-electron chi connectivity index (χ1n) is 9.72. The van der Waals surface area contributed by atoms with Crippen LogP contribution in [0.25, 0.3) is 22.0 Å². The SMILES string of the molecule is N#Cc1ccccc1-c1ccc2[nH]c3c(c2c1)CN(C(=O)c1ccccc1)CC3. The van der Waals surface area contributed by atoms with Crippen molar-refractivity contribution in [3.63, 3.8) is 0 Å². The number of aromatic nitrogens is 1. The molecule has 1 aromatic heterocycles. The molecule has 5 rings (SSSR count). The van der Waals surface area contributed by atoms with Gasteiger partial charge in [-0.15, -0.1) is 0 Å². The van der Waals surface area contributed by atoms with Gasteiger partial charge in [-0.3, -0.25) is 4.79 Å². The predicted molar refractivity (Wildman–Crippen MR) is 113 cm³/mol. The molecule has 1 aliphatic heterocycles. The molecule has 0 unspecified atom stereocenters. The van der Waals surface area contributed by atoms with Gasteiger partial charge >= 0.3 is 0 Å². The Hall–Kier alpha value is -3.84. The van der Waals surface area contributed by atoms with Crippen LogP contribution in [0.15, 0.2) is 72.8 Å². The molecule has 1 N–H and O–H groups in total. The predicted octanol–water partition coefficient (Wildman–Crippen LogP) is 4.91. The monoisotopic (exact) mass is 377 g/mol. The number of rotatable bonds is 2. The number of carbonyl (C=O) groups excluding carboxylic acids is 1. The summed E-state index contributed by atoms with van der Waals surface area (Å²) in [6, 6.07) is 25.6. The normalized spacial score (nSPS) is 13.1. The number of benzene rings is 3. The quantitative estimate of drug-likeness (QED) is 0.540. The van der Waals surface area contributed by atoms with Crippen LogP contribution in [0.5, 0.6) is 0 Å². The fraction of sp³-hybridized carbons (Fsp3) is 0.120. The molecule has 0 spiro atoms. The lowest BCUT2D eigenvalue weighted by atomic mass is 9.97. The molecule has 4 aromatic rings. The fourth-order valence-electron chi connectivity index (χ4n) is 4.15. The van der Waals surface area contributed by atoms with E-state index in [0.717, 1.165) is 34.0 Å². The maximum absolute atomic E-state index is 12.9. The lowest BCUT2D eigenvalue weighted by Crippen LogP contribution is -2.35. The minimum absolute atomic E-state index is 0.0663. The third-order valence-corrected chi connectivity index (χ3v) is 5.64. The molecular formula is C25H19N3O. The van der Waals surface area contributed by atoms with E-state index in [1.807, 2.05) is 65.6 Å². The van der Waals surface area contributed by atoms with E-state index in [4.69, 9.17) is 0 Å². The molecule has 1 amide bonds. The average molecular weight is 377 g/mol. The molecule has 0 aliphatic carbocycles. The van der Waals surface area contributed by atoms with Crippen LogP contribution in [0.3, 0.4) is 0 Å². The average Bonchev–Trinajstić information content (AvgIpc) is 3.16. The third kappa shape index (κ3) is 2.97. The highest BCUT2D eigenvalue weighted by Crippen LogP contribution is 2.33. The van der Waals surface area contributed by atoms with Gasteiger partial charge in [0.05, 0.1) is 11.6 Å². The molecule has 29 heavy (non-hydrogen) atoms. The highest BCUT2D eigenvalue weighted by atomic mass is 16.2. The summed E-state index contributed by atoms with van der Waals surface area (Å²) in [4.78, 5) is 18.4. The number of hydrogen-bond donors (Lipinski definition) is 1. The van der Waals surface area contributed by atoms with Crippen molar-refractivity contribution >= 4 is 16.8 Å². The van der Waals surface area contributed by atoms with Crippen molar-refractivity contribution in [2.24, 2.45) is 0 Å². The summed E-state index contributed by atoms with van der Waals surface area (Å²) in [6.45, 7) is 1.30. The van der Waals surface area contributed by atoms with Gasteiger partial charge in [-0.1, -0.05) is 42.5 Å². The maximum Gasteiger partial charge on any atom is 0.254 e. The van der Waals surface area contributed by atoms with Crippen molar-refractivity contribution < 1.29 is 4.79 Å². The van der Waals surface area contributed by atoms with E-state index in [2.05, 4.69) is 23.2 Å². The fourth-order valence-corrected chi connectivity index (χ4v) is 4.15. The molecule has 2 heterocycles. The number of aromatic amines is 1. The minimum Gasteiger partial charge on any atom is -0.358 e. The summed E-state index contributed by atoms with van der Waals surface area (Å²) < 4.78 is 0. The Kier molecular flexibility index (Phi) is 4.14. The van der Waals surface area contributed by atoms with Gasteiger partial charge in [0.2, 0.25) is 0 Å². The Morgan fingerprint density at radius 2 is 1.79 bits per heavy atom. The first-order chi connectivity index (χ1) is 14.2. The maximum atomic E-state index is 12.9. The molecule has 4 nitrogen and oxygen atoms in total. The van der Waals surface area contributed by atoms with E-state index < -0.39 is 0 Å². The van der Waals surface area contributed by atoms with Gasteiger partial charge < -0.3 is 9.88 Å². The van der Waals surface area contributed by atoms with Gasteiger partial charge in [0.25, 0.3) is 5.91 Å². The molecule has 4 heteroatoms. The first kappa shape index (κ1) is 17.3. The number of amides is 1. The number of hydrogen-bond acceptors (Lipinski definition) is 2. The lowest BCUT2D eigenvalue weighted by molar-refractivity contribution is 0.0735. The van der Waals surface area contributed by atoms with E-state index in [1.165, 1.54) is 11.3 Å². The van der Waals surface area contributed by atoms with Gasteiger partial charge in [-0.2, -0.15) is 5.26 Å². The van der Waals surface area contributed by atoms with Crippen LogP contribution < -0.4 is 0 Å². The van der Waals surface area contributed by atoms with E-state index in [0.29, 0.717) is 18.7 Å². The molecule has 1 aliphatic rings. The first-order valence-corrected chi connectivity index (χ1v) is 9.72. The number of nitrogens with zero attached hydrogens (tertiary/aromatic N) is 2. The van der Waals surface area contributed by atoms with E-state index in [9.17, 15) is 10.1 Å². The summed E-state index contributed by atoms with van der Waals surface area (Å²) in [6.07, 6.45) is 0.812. The number of nitrogens with one attached hydrogen (secondary N) is 1. The zero-order valence-corrected chi connectivity index (χ0v) is 15.9. The minimum atomic E-state index is 0.0663. The smallest absolute Gasteiger partial charge is 0.254 e. The van der Waals surface area contributed by atoms with Crippen molar-refractivity contribution in [2.75, 3.05) is 6.54 Å². The second-order valence-corrected chi connectivity index (χ2v) is 7.34. The molecule has 0 saturated carbocycles. The zero-order chi connectivity index (χ0) is 19.8. The topological polar surface area (TPSA) is 59.9 Å². The molecule has 0 radical (unpaired) electrons. The summed E-state index contributed by atoms with van der Waals surface area (Å²) in [5.74, 6) is 0.0663. The Balaban J connectivity index is 1.55. The Labute approximate surface area is 169 Å². The largest absolute Gasteiger partial charge is 0.358 e. The van der Waals surface area contributed by atoms with Gasteiger partial charge in [0.15, 0.2) is 0 Å². The molecule has 3 aromatic carbocycles. The number of carbonyl (C=O) groups is 1. The van der Waals surface area contributed by atoms with Gasteiger partial charge in [-0.25, -0.2) is 0 Å². The van der Waals surface area contributed by atoms with Crippen molar-refractivity contribution in [3.8, 4) is 17.2 Å². The van der Waals surface area contributed by atoms with Crippen molar-refractivity contribution in [2.45, 2.75) is 13.0 Å². The standard InChI is InChI=1S/C25H19N3O/c26-15-19-8-4-5-9-20(19)18-10-11-23-21(14-18)22-16-28(13-12-24(22)27-23)25(29)17-6-2-1-3-7-17/h1-11,14,27H,12-13,16H2. The van der Waals surface area contributed by atoms with Gasteiger partial charge in [-0.05, 0) is 41.5 Å². The summed E-state index contributed by atoms with van der Waals surface area (Å²) in [7, 11) is 0. The molecule has 0 saturated heterocycles. The second kappa shape index (κ2) is 6.96. The van der Waals surface area contributed by atoms with Crippen molar-refractivity contribution in [3.05, 3.63) is 95.2 Å². The highest BCUT2D eigenvalue weighted by molar-refractivity contribution is 5.95. The number of nitriles is 1. The molecular weight excluding hydrogens is 358 g/mol. The lowest BCUT2D eigenvalue weighted by Gasteiger charge is -2.27. The summed E-state index contributed by atoms with van der Waals surface area (Å²) >= 11 is 0. The molecule has 0 bridgehead atoms. The van der Waals surface area contributed by atoms with Gasteiger partial charge in [0, 0.05) is 47.2 Å². The highest BCUT2D eigenvalue weighted by Gasteiger charge is 2.25. The van der Waals surface area contributed by atoms with Crippen LogP contribution >= 0.6 is 0 Å². The molecule has 0 fully saturated rings. The van der Waals surface area contributed by atoms with Crippen molar-refractivity contribution in [1.82, 2.24) is 9.88 Å². The van der Waals surface area contributed by atoms with Crippen LogP contribution in [0.4, 0.5) is 0 Å². The van der Waals surface area contributed by atoms with Crippen LogP contribution in [0.2, 0.25) is 0 Å². The third-order valence-electron chi connectivity index (χ3n) is 5.64. The van der Waals surface area contributed by atoms with Crippen LogP contribution in [0.1, 0.15) is 27.2 Å². The number of fused-ring (bicyclic) bond motifs is 3. The summed E-state index contributed by atoms with van der Waals surface area (Å²) in [5.41, 5.74) is 6.77. The van der Waals surface area contributed by atoms with Crippen LogP contribution in [-0.2, 0) is 13.0 Å².